The Kier molecular flexibility index (Phi) is 9.80. The van der Waals surface area contributed by atoms with E-state index in [1.54, 1.807) is 3.71 Å². The van der Waals surface area contributed by atoms with Gasteiger partial charge in [0.05, 0.1) is 0 Å². The summed E-state index contributed by atoms with van der Waals surface area (Å²) in [5.74, 6) is 0. The molecule has 0 saturated heterocycles. The summed E-state index contributed by atoms with van der Waals surface area (Å²) in [6.07, 6.45) is 11.5. The molecule has 0 atom stereocenters. The number of hydrogen-bond donors (Lipinski definition) is 0. The Hall–Kier alpha value is -0.771. The summed E-state index contributed by atoms with van der Waals surface area (Å²) in [5.41, 5.74) is 1.40. The van der Waals surface area contributed by atoms with Crippen LogP contribution in [0, 0.1) is 0 Å². The van der Waals surface area contributed by atoms with Crippen LogP contribution in [-0.4, -0.2) is 28.2 Å². The van der Waals surface area contributed by atoms with Gasteiger partial charge in [0.2, 0.25) is 0 Å². The number of aryl methyl sites for hydroxylation is 2. The van der Waals surface area contributed by atoms with E-state index < -0.39 is 18.4 Å². The second-order valence-electron chi connectivity index (χ2n) is 7.79. The van der Waals surface area contributed by atoms with Gasteiger partial charge < -0.3 is 0 Å². The summed E-state index contributed by atoms with van der Waals surface area (Å²) in [7, 11) is 0. The molecule has 144 valence electrons. The zero-order valence-corrected chi connectivity index (χ0v) is 20.1. The molecule has 0 aliphatic carbocycles. The van der Waals surface area contributed by atoms with Crippen molar-refractivity contribution in [3.05, 3.63) is 48.2 Å². The predicted molar refractivity (Wildman–Crippen MR) is 117 cm³/mol. The van der Waals surface area contributed by atoms with E-state index in [4.69, 9.17) is 5.10 Å². The molecule has 1 heterocycles. The van der Waals surface area contributed by atoms with Gasteiger partial charge in [0.25, 0.3) is 0 Å². The van der Waals surface area contributed by atoms with Crippen molar-refractivity contribution in [2.24, 2.45) is 0 Å². The molecule has 0 radical (unpaired) electrons. The Labute approximate surface area is 165 Å². The normalized spacial score (nSPS) is 11.8. The van der Waals surface area contributed by atoms with Crippen LogP contribution in [-0.2, 0) is 13.0 Å². The van der Waals surface area contributed by atoms with Crippen LogP contribution in [0.5, 0.6) is 0 Å². The van der Waals surface area contributed by atoms with E-state index in [2.05, 4.69) is 68.0 Å². The van der Waals surface area contributed by atoms with Gasteiger partial charge in [-0.1, -0.05) is 0 Å². The van der Waals surface area contributed by atoms with Crippen LogP contribution in [0.4, 0.5) is 0 Å². The van der Waals surface area contributed by atoms with Crippen molar-refractivity contribution in [2.45, 2.75) is 85.6 Å². The molecule has 0 saturated carbocycles. The second kappa shape index (κ2) is 11.8. The number of benzene rings is 1. The van der Waals surface area contributed by atoms with Crippen molar-refractivity contribution >= 4 is 22.1 Å². The van der Waals surface area contributed by atoms with Crippen molar-refractivity contribution in [1.29, 1.82) is 0 Å². The molecule has 2 aromatic rings. The van der Waals surface area contributed by atoms with Gasteiger partial charge in [-0.3, -0.25) is 0 Å². The van der Waals surface area contributed by atoms with Gasteiger partial charge in [-0.2, -0.15) is 0 Å². The maximum atomic E-state index is 5.17. The molecule has 0 unspecified atom stereocenters. The van der Waals surface area contributed by atoms with Crippen molar-refractivity contribution in [3.8, 4) is 0 Å². The van der Waals surface area contributed by atoms with Crippen LogP contribution in [0.15, 0.2) is 42.6 Å². The first-order chi connectivity index (χ1) is 12.7. The number of unbranched alkanes of at least 4 members (excludes halogenated alkanes) is 3. The van der Waals surface area contributed by atoms with Gasteiger partial charge in [0.15, 0.2) is 0 Å². The SMILES string of the molecule is CCC[CH2][Sn]([CH2]CCC)([CH2]CCC)[c]1ccn(CCc2ccccc2)n1. The summed E-state index contributed by atoms with van der Waals surface area (Å²) < 4.78 is 8.28. The zero-order chi connectivity index (χ0) is 18.7. The number of rotatable bonds is 13. The van der Waals surface area contributed by atoms with E-state index in [1.165, 1.54) is 57.4 Å². The van der Waals surface area contributed by atoms with E-state index in [1.807, 2.05) is 0 Å². The molecular weight excluding hydrogens is 423 g/mol. The van der Waals surface area contributed by atoms with Crippen molar-refractivity contribution in [3.63, 3.8) is 0 Å². The van der Waals surface area contributed by atoms with Gasteiger partial charge in [0.1, 0.15) is 0 Å². The van der Waals surface area contributed by atoms with Crippen LogP contribution in [0.3, 0.4) is 0 Å². The molecular formula is C23H38N2Sn. The summed E-state index contributed by atoms with van der Waals surface area (Å²) >= 11 is -2.35. The average Bonchev–Trinajstić information content (AvgIpc) is 3.16. The van der Waals surface area contributed by atoms with Crippen LogP contribution >= 0.6 is 0 Å². The first kappa shape index (κ1) is 21.5. The topological polar surface area (TPSA) is 17.8 Å². The fourth-order valence-corrected chi connectivity index (χ4v) is 19.3. The zero-order valence-electron chi connectivity index (χ0n) is 17.2. The van der Waals surface area contributed by atoms with Crippen LogP contribution in [0.25, 0.3) is 0 Å². The first-order valence-corrected chi connectivity index (χ1v) is 18.3. The fraction of sp³-hybridized carbons (Fsp3) is 0.609. The summed E-state index contributed by atoms with van der Waals surface area (Å²) in [5, 5.41) is 5.17. The molecule has 0 bridgehead atoms. The van der Waals surface area contributed by atoms with Crippen molar-refractivity contribution in [2.75, 3.05) is 0 Å². The monoisotopic (exact) mass is 462 g/mol. The molecule has 0 N–H and O–H groups in total. The summed E-state index contributed by atoms with van der Waals surface area (Å²) in [4.78, 5) is 0. The molecule has 2 rings (SSSR count). The van der Waals surface area contributed by atoms with Crippen molar-refractivity contribution < 1.29 is 0 Å². The van der Waals surface area contributed by atoms with Crippen LogP contribution in [0.2, 0.25) is 13.3 Å². The molecule has 0 aliphatic rings. The third-order valence-corrected chi connectivity index (χ3v) is 20.8. The molecule has 0 amide bonds. The minimum absolute atomic E-state index is 1.00. The molecule has 1 aromatic carbocycles. The molecule has 2 nitrogen and oxygen atoms in total. The summed E-state index contributed by atoms with van der Waals surface area (Å²) in [6, 6.07) is 13.2. The molecule has 0 aliphatic heterocycles. The van der Waals surface area contributed by atoms with Gasteiger partial charge in [0, 0.05) is 0 Å². The Morgan fingerprint density at radius 1 is 0.808 bits per heavy atom. The van der Waals surface area contributed by atoms with E-state index in [0.29, 0.717) is 0 Å². The predicted octanol–water partition coefficient (Wildman–Crippen LogP) is 6.18. The van der Waals surface area contributed by atoms with Gasteiger partial charge in [-0.25, -0.2) is 0 Å². The van der Waals surface area contributed by atoms with Gasteiger partial charge in [-0.05, 0) is 0 Å². The number of nitrogens with zero attached hydrogens (tertiary/aromatic N) is 2. The number of hydrogen-bond acceptors (Lipinski definition) is 1. The Balaban J connectivity index is 2.13. The van der Waals surface area contributed by atoms with Gasteiger partial charge >= 0.3 is 166 Å². The van der Waals surface area contributed by atoms with Crippen LogP contribution in [0.1, 0.15) is 64.9 Å². The Morgan fingerprint density at radius 2 is 1.38 bits per heavy atom. The molecule has 0 fully saturated rings. The molecule has 1 aromatic heterocycles. The Bertz CT molecular complexity index is 584. The minimum atomic E-state index is -2.35. The van der Waals surface area contributed by atoms with Gasteiger partial charge in [-0.15, -0.1) is 0 Å². The van der Waals surface area contributed by atoms with Crippen molar-refractivity contribution in [1.82, 2.24) is 9.78 Å². The average molecular weight is 461 g/mol. The third kappa shape index (κ3) is 6.44. The molecule has 26 heavy (non-hydrogen) atoms. The van der Waals surface area contributed by atoms with E-state index in [9.17, 15) is 0 Å². The van der Waals surface area contributed by atoms with E-state index in [-0.39, 0.29) is 0 Å². The first-order valence-electron chi connectivity index (χ1n) is 10.8. The maximum absolute atomic E-state index is 5.17. The third-order valence-electron chi connectivity index (χ3n) is 5.68. The van der Waals surface area contributed by atoms with E-state index in [0.717, 1.165) is 13.0 Å². The fourth-order valence-electron chi connectivity index (χ4n) is 3.96. The molecule has 3 heteroatoms. The quantitative estimate of drug-likeness (QED) is 0.326. The number of aromatic nitrogens is 2. The second-order valence-corrected chi connectivity index (χ2v) is 20.8. The van der Waals surface area contributed by atoms with Crippen LogP contribution < -0.4 is 3.71 Å². The Morgan fingerprint density at radius 3 is 1.92 bits per heavy atom. The standard InChI is InChI=1S/C11H11N2.3C4H9.Sn/c1-2-5-11(6-3-1)7-10-13-9-4-8-12-13;3*1-3-4-2;/h1-6,9H,7,10H2;3*1,3-4H2,2H3;. The molecule has 0 spiro atoms. The van der Waals surface area contributed by atoms with E-state index >= 15 is 0 Å². The summed E-state index contributed by atoms with van der Waals surface area (Å²) in [6.45, 7) is 8.03.